The van der Waals surface area contributed by atoms with E-state index in [1.807, 2.05) is 0 Å². The van der Waals surface area contributed by atoms with Crippen molar-refractivity contribution in [2.45, 2.75) is 42.7 Å². The highest BCUT2D eigenvalue weighted by atomic mass is 35.5. The maximum Gasteiger partial charge on any atom is 0.327 e. The number of aliphatic hydroxyl groups excluding tert-OH is 1. The summed E-state index contributed by atoms with van der Waals surface area (Å²) in [5.74, 6) is -3.47. The first-order valence-electron chi connectivity index (χ1n) is 9.16. The van der Waals surface area contributed by atoms with Crippen LogP contribution in [-0.4, -0.2) is 60.3 Å². The smallest absolute Gasteiger partial charge is 0.327 e. The van der Waals surface area contributed by atoms with Crippen molar-refractivity contribution in [3.63, 3.8) is 0 Å². The minimum Gasteiger partial charge on any atom is -0.480 e. The Morgan fingerprint density at radius 3 is 2.74 bits per heavy atom. The van der Waals surface area contributed by atoms with Gasteiger partial charge in [0.05, 0.1) is 10.6 Å². The van der Waals surface area contributed by atoms with Crippen molar-refractivity contribution in [3.8, 4) is 11.3 Å². The number of carboxylic acid groups (broad SMARTS) is 1. The molecule has 0 aliphatic carbocycles. The molecule has 0 spiro atoms. The first-order chi connectivity index (χ1) is 14.6. The predicted octanol–water partition coefficient (Wildman–Crippen LogP) is 1.87. The van der Waals surface area contributed by atoms with E-state index in [0.717, 1.165) is 6.07 Å². The van der Waals surface area contributed by atoms with Crippen molar-refractivity contribution in [2.24, 2.45) is 0 Å². The van der Waals surface area contributed by atoms with Gasteiger partial charge in [-0.1, -0.05) is 22.8 Å². The maximum absolute atomic E-state index is 14.4. The number of aliphatic hydroxyl groups is 1. The summed E-state index contributed by atoms with van der Waals surface area (Å²) in [5.41, 5.74) is -0.643. The number of halogens is 2. The Balaban J connectivity index is 1.65. The summed E-state index contributed by atoms with van der Waals surface area (Å²) in [6.45, 7) is 2.73. The molecule has 4 rings (SSSR count). The van der Waals surface area contributed by atoms with E-state index in [-0.39, 0.29) is 27.6 Å². The molecule has 9 nitrogen and oxygen atoms in total. The van der Waals surface area contributed by atoms with Gasteiger partial charge in [0.15, 0.2) is 5.76 Å². The minimum atomic E-state index is -1.13. The molecule has 2 amide bonds. The van der Waals surface area contributed by atoms with Gasteiger partial charge < -0.3 is 25.0 Å². The normalized spacial score (nSPS) is 24.0. The highest BCUT2D eigenvalue weighted by Crippen LogP contribution is 2.50. The summed E-state index contributed by atoms with van der Waals surface area (Å²) in [6.07, 6.45) is 0. The van der Waals surface area contributed by atoms with E-state index in [2.05, 4.69) is 10.5 Å². The fourth-order valence-corrected chi connectivity index (χ4v) is 5.80. The molecule has 0 radical (unpaired) electrons. The summed E-state index contributed by atoms with van der Waals surface area (Å²) in [6, 6.07) is 1.90. The third kappa shape index (κ3) is 3.27. The lowest BCUT2D eigenvalue weighted by molar-refractivity contribution is -0.159. The van der Waals surface area contributed by atoms with Crippen molar-refractivity contribution in [1.29, 1.82) is 0 Å². The zero-order valence-electron chi connectivity index (χ0n) is 16.3. The molecular weight excluding hydrogens is 453 g/mol. The number of carbonyl (C=O) groups excluding carboxylic acids is 2. The molecule has 0 saturated carbocycles. The first-order valence-corrected chi connectivity index (χ1v) is 10.4. The second kappa shape index (κ2) is 7.50. The van der Waals surface area contributed by atoms with Crippen molar-refractivity contribution >= 4 is 41.1 Å². The summed E-state index contributed by atoms with van der Waals surface area (Å²) < 4.78 is 18.6. The molecule has 1 aromatic heterocycles. The van der Waals surface area contributed by atoms with E-state index in [4.69, 9.17) is 16.1 Å². The van der Waals surface area contributed by atoms with E-state index in [1.54, 1.807) is 13.8 Å². The summed E-state index contributed by atoms with van der Waals surface area (Å²) in [7, 11) is 0. The van der Waals surface area contributed by atoms with Gasteiger partial charge in [-0.05, 0) is 26.0 Å². The molecule has 3 N–H and O–H groups in total. The number of nitrogens with one attached hydrogen (secondary N) is 1. The van der Waals surface area contributed by atoms with Gasteiger partial charge >= 0.3 is 5.97 Å². The van der Waals surface area contributed by atoms with Crippen LogP contribution in [0.25, 0.3) is 11.3 Å². The van der Waals surface area contributed by atoms with Crippen LogP contribution >= 0.6 is 23.4 Å². The largest absolute Gasteiger partial charge is 0.480 e. The van der Waals surface area contributed by atoms with Gasteiger partial charge in [0.1, 0.15) is 41.1 Å². The first kappa shape index (κ1) is 21.6. The number of thioether (sulfide) groups is 1. The van der Waals surface area contributed by atoms with Crippen molar-refractivity contribution in [1.82, 2.24) is 15.4 Å². The maximum atomic E-state index is 14.4. The van der Waals surface area contributed by atoms with E-state index in [9.17, 15) is 29.0 Å². The zero-order chi connectivity index (χ0) is 22.7. The Morgan fingerprint density at radius 2 is 2.13 bits per heavy atom. The van der Waals surface area contributed by atoms with Crippen LogP contribution < -0.4 is 5.32 Å². The molecule has 3 heterocycles. The minimum absolute atomic E-state index is 0.0184. The van der Waals surface area contributed by atoms with Gasteiger partial charge in [0.2, 0.25) is 5.91 Å². The highest BCUT2D eigenvalue weighted by Gasteiger charge is 2.64. The number of carboxylic acids is 1. The number of β-lactam (4-membered cyclic amide) rings is 1. The quantitative estimate of drug-likeness (QED) is 0.565. The molecule has 164 valence electrons. The molecule has 0 bridgehead atoms. The number of nitrogens with zero attached hydrogens (tertiary/aromatic N) is 2. The van der Waals surface area contributed by atoms with Gasteiger partial charge in [0.25, 0.3) is 5.91 Å². The number of aliphatic carboxylic acids is 1. The summed E-state index contributed by atoms with van der Waals surface area (Å²) in [5, 5.41) is 24.7. The SMILES string of the molecule is CC1(C)S[C@@H]2[C@H](NC(=O)c3c(-c4c(F)cccc4Cl)noc3CO)C(=O)N2[C@H]1C(=O)O. The number of benzene rings is 1. The van der Waals surface area contributed by atoms with Crippen LogP contribution in [0.15, 0.2) is 22.7 Å². The lowest BCUT2D eigenvalue weighted by Gasteiger charge is -2.43. The van der Waals surface area contributed by atoms with E-state index in [1.165, 1.54) is 28.8 Å². The van der Waals surface area contributed by atoms with Crippen LogP contribution in [0, 0.1) is 5.82 Å². The van der Waals surface area contributed by atoms with Crippen LogP contribution in [-0.2, 0) is 16.2 Å². The van der Waals surface area contributed by atoms with E-state index in [0.29, 0.717) is 0 Å². The lowest BCUT2D eigenvalue weighted by Crippen LogP contribution is -2.70. The fraction of sp³-hybridized carbons (Fsp3) is 0.368. The lowest BCUT2D eigenvalue weighted by atomic mass is 9.95. The second-order valence-electron chi connectivity index (χ2n) is 7.63. The molecule has 2 aliphatic rings. The molecule has 2 aliphatic heterocycles. The number of carbonyl (C=O) groups is 3. The van der Waals surface area contributed by atoms with Crippen molar-refractivity contribution in [3.05, 3.63) is 40.4 Å². The topological polar surface area (TPSA) is 133 Å². The Kier molecular flexibility index (Phi) is 5.23. The van der Waals surface area contributed by atoms with E-state index >= 15 is 0 Å². The number of aromatic nitrogens is 1. The number of hydrogen-bond donors (Lipinski definition) is 3. The molecule has 2 aromatic rings. The molecule has 0 unspecified atom stereocenters. The van der Waals surface area contributed by atoms with Crippen molar-refractivity contribution < 1.29 is 33.5 Å². The van der Waals surface area contributed by atoms with Gasteiger partial charge in [0, 0.05) is 4.75 Å². The highest BCUT2D eigenvalue weighted by molar-refractivity contribution is 8.01. The second-order valence-corrected chi connectivity index (χ2v) is 9.81. The Bertz CT molecular complexity index is 1090. The standard InChI is InChI=1S/C19H17ClFN3O6S/c1-19(2)14(18(28)29)24-16(27)13(17(24)31-19)22-15(26)11-9(6-25)30-23-12(11)10-7(20)4-3-5-8(10)21/h3-5,13-14,17,25H,6H2,1-2H3,(H,22,26)(H,28,29)/t13-,14+,17-/m1/s1. The Morgan fingerprint density at radius 1 is 1.42 bits per heavy atom. The van der Waals surface area contributed by atoms with Gasteiger partial charge in [-0.25, -0.2) is 9.18 Å². The third-order valence-electron chi connectivity index (χ3n) is 5.29. The molecule has 31 heavy (non-hydrogen) atoms. The van der Waals surface area contributed by atoms with Gasteiger partial charge in [-0.3, -0.25) is 9.59 Å². The number of rotatable bonds is 5. The van der Waals surface area contributed by atoms with E-state index < -0.39 is 52.4 Å². The summed E-state index contributed by atoms with van der Waals surface area (Å²) in [4.78, 5) is 38.5. The third-order valence-corrected chi connectivity index (χ3v) is 7.18. The fourth-order valence-electron chi connectivity index (χ4n) is 3.92. The molecule has 2 saturated heterocycles. The molecular formula is C19H17ClFN3O6S. The number of amides is 2. The van der Waals surface area contributed by atoms with Gasteiger partial charge in [-0.2, -0.15) is 0 Å². The Hall–Kier alpha value is -2.63. The number of fused-ring (bicyclic) bond motifs is 1. The zero-order valence-corrected chi connectivity index (χ0v) is 17.8. The van der Waals surface area contributed by atoms with Crippen molar-refractivity contribution in [2.75, 3.05) is 0 Å². The van der Waals surface area contributed by atoms with Crippen LogP contribution in [0.1, 0.15) is 30.0 Å². The molecule has 3 atom stereocenters. The Labute approximate surface area is 184 Å². The average molecular weight is 470 g/mol. The molecule has 2 fully saturated rings. The van der Waals surface area contributed by atoms with Crippen LogP contribution in [0.5, 0.6) is 0 Å². The van der Waals surface area contributed by atoms with Crippen LogP contribution in [0.4, 0.5) is 4.39 Å². The van der Waals surface area contributed by atoms with Crippen LogP contribution in [0.2, 0.25) is 5.02 Å². The molecule has 1 aromatic carbocycles. The van der Waals surface area contributed by atoms with Crippen LogP contribution in [0.3, 0.4) is 0 Å². The molecule has 12 heteroatoms. The predicted molar refractivity (Wildman–Crippen MR) is 108 cm³/mol. The summed E-state index contributed by atoms with van der Waals surface area (Å²) >= 11 is 7.34. The monoisotopic (exact) mass is 469 g/mol. The average Bonchev–Trinajstić information content (AvgIpc) is 3.22. The van der Waals surface area contributed by atoms with Gasteiger partial charge in [-0.15, -0.1) is 11.8 Å². The number of hydrogen-bond acceptors (Lipinski definition) is 7.